The molecule has 1 unspecified atom stereocenters. The van der Waals surface area contributed by atoms with Crippen LogP contribution in [0.4, 0.5) is 0 Å². The standard InChI is InChI=1S/C18H19N2P/c1-15(18-19-13-14-20(18)2)21(16-9-5-3-6-10-16)17-11-7-4-8-12-17/h3-15H,1-2H3. The van der Waals surface area contributed by atoms with Crippen LogP contribution in [0.15, 0.2) is 73.1 Å². The molecular weight excluding hydrogens is 275 g/mol. The van der Waals surface area contributed by atoms with Crippen LogP contribution in [0.3, 0.4) is 0 Å². The SMILES string of the molecule is CC(c1nccn1C)P(c1ccccc1)c1ccccc1. The van der Waals surface area contributed by atoms with Crippen molar-refractivity contribution in [3.05, 3.63) is 78.9 Å². The van der Waals surface area contributed by atoms with Gasteiger partial charge in [-0.1, -0.05) is 67.6 Å². The molecule has 1 heterocycles. The summed E-state index contributed by atoms with van der Waals surface area (Å²) in [5.74, 6) is 1.15. The lowest BCUT2D eigenvalue weighted by Gasteiger charge is -2.25. The monoisotopic (exact) mass is 294 g/mol. The Bertz CT molecular complexity index is 652. The first kappa shape index (κ1) is 14.0. The average molecular weight is 294 g/mol. The molecule has 3 aromatic rings. The molecular formula is C18H19N2P. The van der Waals surface area contributed by atoms with Gasteiger partial charge in [0, 0.05) is 25.1 Å². The number of aryl methyl sites for hydroxylation is 1. The van der Waals surface area contributed by atoms with Gasteiger partial charge in [-0.3, -0.25) is 0 Å². The summed E-state index contributed by atoms with van der Waals surface area (Å²) >= 11 is 0. The molecule has 1 atom stereocenters. The molecule has 0 amide bonds. The van der Waals surface area contributed by atoms with Crippen molar-refractivity contribution in [2.24, 2.45) is 7.05 Å². The molecule has 106 valence electrons. The van der Waals surface area contributed by atoms with Gasteiger partial charge in [0.25, 0.3) is 0 Å². The minimum atomic E-state index is -0.462. The number of aromatic nitrogens is 2. The maximum absolute atomic E-state index is 4.57. The lowest BCUT2D eigenvalue weighted by atomic mass is 10.4. The summed E-state index contributed by atoms with van der Waals surface area (Å²) in [7, 11) is 1.61. The highest BCUT2D eigenvalue weighted by atomic mass is 31.1. The zero-order valence-electron chi connectivity index (χ0n) is 12.3. The second kappa shape index (κ2) is 6.24. The average Bonchev–Trinajstić information content (AvgIpc) is 2.96. The van der Waals surface area contributed by atoms with E-state index in [-0.39, 0.29) is 0 Å². The van der Waals surface area contributed by atoms with E-state index >= 15 is 0 Å². The Balaban J connectivity index is 2.07. The van der Waals surface area contributed by atoms with E-state index < -0.39 is 7.92 Å². The van der Waals surface area contributed by atoms with Crippen molar-refractivity contribution in [2.45, 2.75) is 12.6 Å². The van der Waals surface area contributed by atoms with Crippen LogP contribution >= 0.6 is 7.92 Å². The van der Waals surface area contributed by atoms with Gasteiger partial charge in [0.1, 0.15) is 5.82 Å². The second-order valence-electron chi connectivity index (χ2n) is 5.11. The normalized spacial score (nSPS) is 12.5. The molecule has 0 saturated carbocycles. The van der Waals surface area contributed by atoms with Gasteiger partial charge >= 0.3 is 0 Å². The number of hydrogen-bond acceptors (Lipinski definition) is 1. The lowest BCUT2D eigenvalue weighted by Crippen LogP contribution is -2.17. The maximum Gasteiger partial charge on any atom is 0.116 e. The third-order valence-electron chi connectivity index (χ3n) is 3.69. The van der Waals surface area contributed by atoms with Crippen molar-refractivity contribution in [3.63, 3.8) is 0 Å². The van der Waals surface area contributed by atoms with Crippen LogP contribution in [0.5, 0.6) is 0 Å². The van der Waals surface area contributed by atoms with Crippen molar-refractivity contribution < 1.29 is 0 Å². The summed E-state index contributed by atoms with van der Waals surface area (Å²) in [6.45, 7) is 2.29. The number of hydrogen-bond donors (Lipinski definition) is 0. The molecule has 2 nitrogen and oxygen atoms in total. The van der Waals surface area contributed by atoms with Crippen LogP contribution in [0.1, 0.15) is 18.4 Å². The van der Waals surface area contributed by atoms with E-state index in [9.17, 15) is 0 Å². The smallest absolute Gasteiger partial charge is 0.116 e. The minimum Gasteiger partial charge on any atom is -0.337 e. The van der Waals surface area contributed by atoms with Gasteiger partial charge in [0.2, 0.25) is 0 Å². The van der Waals surface area contributed by atoms with Gasteiger partial charge in [-0.2, -0.15) is 0 Å². The van der Waals surface area contributed by atoms with Gasteiger partial charge in [-0.25, -0.2) is 4.98 Å². The quantitative estimate of drug-likeness (QED) is 0.672. The maximum atomic E-state index is 4.57. The van der Waals surface area contributed by atoms with E-state index in [0.717, 1.165) is 5.82 Å². The molecule has 21 heavy (non-hydrogen) atoms. The van der Waals surface area contributed by atoms with Crippen molar-refractivity contribution in [1.29, 1.82) is 0 Å². The molecule has 3 heteroatoms. The zero-order chi connectivity index (χ0) is 14.7. The lowest BCUT2D eigenvalue weighted by molar-refractivity contribution is 0.794. The Morgan fingerprint density at radius 2 is 1.43 bits per heavy atom. The predicted molar refractivity (Wildman–Crippen MR) is 90.7 cm³/mol. The van der Waals surface area contributed by atoms with Crippen LogP contribution in [0.2, 0.25) is 0 Å². The first-order chi connectivity index (χ1) is 10.3. The molecule has 0 fully saturated rings. The summed E-state index contributed by atoms with van der Waals surface area (Å²) in [5.41, 5.74) is 0.379. The van der Waals surface area contributed by atoms with Gasteiger partial charge in [0.05, 0.1) is 0 Å². The van der Waals surface area contributed by atoms with E-state index in [1.165, 1.54) is 10.6 Å². The Kier molecular flexibility index (Phi) is 4.17. The van der Waals surface area contributed by atoms with Crippen LogP contribution < -0.4 is 10.6 Å². The number of benzene rings is 2. The topological polar surface area (TPSA) is 17.8 Å². The number of rotatable bonds is 4. The summed E-state index contributed by atoms with van der Waals surface area (Å²) in [5, 5.41) is 2.79. The fraction of sp³-hybridized carbons (Fsp3) is 0.167. The van der Waals surface area contributed by atoms with Crippen molar-refractivity contribution in [2.75, 3.05) is 0 Å². The highest BCUT2D eigenvalue weighted by Gasteiger charge is 2.24. The molecule has 0 aliphatic heterocycles. The zero-order valence-corrected chi connectivity index (χ0v) is 13.2. The highest BCUT2D eigenvalue weighted by Crippen LogP contribution is 2.48. The Morgan fingerprint density at radius 3 is 1.86 bits per heavy atom. The first-order valence-corrected chi connectivity index (χ1v) is 8.55. The highest BCUT2D eigenvalue weighted by molar-refractivity contribution is 7.73. The Labute approximate surface area is 127 Å². The van der Waals surface area contributed by atoms with Crippen molar-refractivity contribution >= 4 is 18.5 Å². The Hall–Kier alpha value is -1.92. The summed E-state index contributed by atoms with van der Waals surface area (Å²) < 4.78 is 2.13. The molecule has 1 aromatic heterocycles. The number of nitrogens with zero attached hydrogens (tertiary/aromatic N) is 2. The first-order valence-electron chi connectivity index (χ1n) is 7.14. The summed E-state index contributed by atoms with van der Waals surface area (Å²) in [6, 6.07) is 21.6. The van der Waals surface area contributed by atoms with E-state index in [1.54, 1.807) is 0 Å². The van der Waals surface area contributed by atoms with Crippen LogP contribution in [0.25, 0.3) is 0 Å². The molecule has 0 saturated heterocycles. The van der Waals surface area contributed by atoms with Gasteiger partial charge in [-0.05, 0) is 18.5 Å². The fourth-order valence-corrected chi connectivity index (χ4v) is 5.33. The van der Waals surface area contributed by atoms with Gasteiger partial charge < -0.3 is 4.57 Å². The van der Waals surface area contributed by atoms with E-state index in [2.05, 4.69) is 84.2 Å². The largest absolute Gasteiger partial charge is 0.337 e. The third kappa shape index (κ3) is 2.91. The van der Waals surface area contributed by atoms with Crippen molar-refractivity contribution in [1.82, 2.24) is 9.55 Å². The van der Waals surface area contributed by atoms with Gasteiger partial charge in [0.15, 0.2) is 0 Å². The summed E-state index contributed by atoms with van der Waals surface area (Å²) in [6.07, 6.45) is 3.91. The minimum absolute atomic E-state index is 0.379. The Morgan fingerprint density at radius 1 is 0.905 bits per heavy atom. The van der Waals surface area contributed by atoms with Gasteiger partial charge in [-0.15, -0.1) is 0 Å². The fourth-order valence-electron chi connectivity index (χ4n) is 2.67. The molecule has 0 radical (unpaired) electrons. The van der Waals surface area contributed by atoms with E-state index in [0.29, 0.717) is 5.66 Å². The number of imidazole rings is 1. The molecule has 0 aliphatic carbocycles. The van der Waals surface area contributed by atoms with Crippen LogP contribution in [0, 0.1) is 0 Å². The second-order valence-corrected chi connectivity index (χ2v) is 7.66. The molecule has 0 aliphatic rings. The van der Waals surface area contributed by atoms with Crippen LogP contribution in [-0.4, -0.2) is 9.55 Å². The molecule has 0 N–H and O–H groups in total. The summed E-state index contributed by atoms with van der Waals surface area (Å²) in [4.78, 5) is 4.57. The third-order valence-corrected chi connectivity index (χ3v) is 6.40. The molecule has 0 spiro atoms. The van der Waals surface area contributed by atoms with E-state index in [4.69, 9.17) is 0 Å². The van der Waals surface area contributed by atoms with E-state index in [1.807, 2.05) is 12.4 Å². The molecule has 3 rings (SSSR count). The molecule has 2 aromatic carbocycles. The molecule has 0 bridgehead atoms. The van der Waals surface area contributed by atoms with Crippen LogP contribution in [-0.2, 0) is 7.05 Å². The predicted octanol–water partition coefficient (Wildman–Crippen LogP) is 3.61. The van der Waals surface area contributed by atoms with Crippen molar-refractivity contribution in [3.8, 4) is 0 Å².